The first-order valence-corrected chi connectivity index (χ1v) is 11.1. The molecule has 1 N–H and O–H groups in total. The molecule has 1 aliphatic rings. The Kier molecular flexibility index (Phi) is 5.77. The van der Waals surface area contributed by atoms with Gasteiger partial charge in [0.2, 0.25) is 0 Å². The van der Waals surface area contributed by atoms with E-state index in [9.17, 15) is 14.7 Å². The van der Waals surface area contributed by atoms with Gasteiger partial charge in [-0.15, -0.1) is 0 Å². The SMILES string of the molecule is Cc1ccc(C(=O)CC2(O)C(=O)N(Cc3ccccc3Cl)c3ccc(Br)cc32)c(C)c1. The van der Waals surface area contributed by atoms with Crippen molar-refractivity contribution in [2.45, 2.75) is 32.4 Å². The van der Waals surface area contributed by atoms with Crippen molar-refractivity contribution in [1.29, 1.82) is 0 Å². The summed E-state index contributed by atoms with van der Waals surface area (Å²) in [4.78, 5) is 28.1. The number of hydrogen-bond acceptors (Lipinski definition) is 3. The molecule has 1 amide bonds. The van der Waals surface area contributed by atoms with Crippen LogP contribution >= 0.6 is 27.5 Å². The van der Waals surface area contributed by atoms with Crippen molar-refractivity contribution in [1.82, 2.24) is 0 Å². The predicted molar refractivity (Wildman–Crippen MR) is 126 cm³/mol. The van der Waals surface area contributed by atoms with E-state index in [1.165, 1.54) is 4.90 Å². The van der Waals surface area contributed by atoms with Crippen LogP contribution in [0.2, 0.25) is 5.02 Å². The highest BCUT2D eigenvalue weighted by atomic mass is 79.9. The molecule has 6 heteroatoms. The lowest BCUT2D eigenvalue weighted by atomic mass is 9.87. The minimum Gasteiger partial charge on any atom is -0.375 e. The molecule has 0 fully saturated rings. The van der Waals surface area contributed by atoms with Crippen LogP contribution in [0.25, 0.3) is 0 Å². The number of nitrogens with zero attached hydrogens (tertiary/aromatic N) is 1. The lowest BCUT2D eigenvalue weighted by Crippen LogP contribution is -2.41. The van der Waals surface area contributed by atoms with E-state index in [0.717, 1.165) is 21.2 Å². The number of aliphatic hydroxyl groups is 1. The fraction of sp³-hybridized carbons (Fsp3) is 0.200. The van der Waals surface area contributed by atoms with Gasteiger partial charge in [0.05, 0.1) is 18.7 Å². The molecule has 0 aliphatic carbocycles. The van der Waals surface area contributed by atoms with E-state index >= 15 is 0 Å². The first-order valence-electron chi connectivity index (χ1n) is 9.89. The minimum atomic E-state index is -1.95. The molecule has 158 valence electrons. The molecule has 3 aromatic carbocycles. The van der Waals surface area contributed by atoms with Crippen molar-refractivity contribution >= 4 is 44.9 Å². The first-order chi connectivity index (χ1) is 14.7. The summed E-state index contributed by atoms with van der Waals surface area (Å²) in [7, 11) is 0. The molecule has 4 nitrogen and oxygen atoms in total. The van der Waals surface area contributed by atoms with Crippen molar-refractivity contribution in [3.63, 3.8) is 0 Å². The van der Waals surface area contributed by atoms with E-state index in [1.54, 1.807) is 24.3 Å². The van der Waals surface area contributed by atoms with Gasteiger partial charge in [0.25, 0.3) is 5.91 Å². The average molecular weight is 499 g/mol. The summed E-state index contributed by atoms with van der Waals surface area (Å²) < 4.78 is 0.719. The topological polar surface area (TPSA) is 57.6 Å². The van der Waals surface area contributed by atoms with Crippen LogP contribution in [0, 0.1) is 13.8 Å². The highest BCUT2D eigenvalue weighted by Gasteiger charge is 2.51. The molecule has 1 heterocycles. The predicted octanol–water partition coefficient (Wildman–Crippen LogP) is 5.73. The van der Waals surface area contributed by atoms with Crippen molar-refractivity contribution in [3.05, 3.63) is 98.0 Å². The summed E-state index contributed by atoms with van der Waals surface area (Å²) in [6.07, 6.45) is -0.335. The molecule has 0 spiro atoms. The number of ketones is 1. The molecule has 0 saturated carbocycles. The summed E-state index contributed by atoms with van der Waals surface area (Å²) in [6.45, 7) is 4.01. The van der Waals surface area contributed by atoms with Gasteiger partial charge in [-0.3, -0.25) is 9.59 Å². The van der Waals surface area contributed by atoms with Gasteiger partial charge >= 0.3 is 0 Å². The number of carbonyl (C=O) groups is 2. The first kappa shape index (κ1) is 21.8. The summed E-state index contributed by atoms with van der Waals surface area (Å²) >= 11 is 9.72. The molecule has 3 aromatic rings. The highest BCUT2D eigenvalue weighted by Crippen LogP contribution is 2.45. The molecule has 0 radical (unpaired) electrons. The third-order valence-electron chi connectivity index (χ3n) is 5.68. The zero-order chi connectivity index (χ0) is 22.3. The number of hydrogen-bond donors (Lipinski definition) is 1. The van der Waals surface area contributed by atoms with Gasteiger partial charge < -0.3 is 10.0 Å². The fourth-order valence-electron chi connectivity index (χ4n) is 4.10. The van der Waals surface area contributed by atoms with Crippen LogP contribution in [0.15, 0.2) is 65.1 Å². The van der Waals surface area contributed by atoms with Crippen LogP contribution in [0.1, 0.15) is 39.0 Å². The van der Waals surface area contributed by atoms with Gasteiger partial charge in [0, 0.05) is 20.6 Å². The maximum atomic E-state index is 13.5. The van der Waals surface area contributed by atoms with Crippen LogP contribution in [-0.4, -0.2) is 16.8 Å². The van der Waals surface area contributed by atoms with Crippen LogP contribution in [0.5, 0.6) is 0 Å². The minimum absolute atomic E-state index is 0.202. The van der Waals surface area contributed by atoms with E-state index in [2.05, 4.69) is 15.9 Å². The fourth-order valence-corrected chi connectivity index (χ4v) is 4.66. The maximum absolute atomic E-state index is 13.5. The Morgan fingerprint density at radius 3 is 2.55 bits per heavy atom. The van der Waals surface area contributed by atoms with Crippen LogP contribution in [0.3, 0.4) is 0 Å². The number of Topliss-reactive ketones (excluding diaryl/α,β-unsaturated/α-hetero) is 1. The molecule has 1 unspecified atom stereocenters. The van der Waals surface area contributed by atoms with Crippen molar-refractivity contribution in [2.75, 3.05) is 4.90 Å². The van der Waals surface area contributed by atoms with Gasteiger partial charge in [-0.2, -0.15) is 0 Å². The number of halogens is 2. The number of fused-ring (bicyclic) bond motifs is 1. The Labute approximate surface area is 194 Å². The van der Waals surface area contributed by atoms with Crippen molar-refractivity contribution in [3.8, 4) is 0 Å². The standard InChI is InChI=1S/C25H21BrClNO3/c1-15-7-9-19(16(2)11-15)23(29)13-25(31)20-12-18(26)8-10-22(20)28(24(25)30)14-17-5-3-4-6-21(17)27/h3-12,31H,13-14H2,1-2H3. The molecule has 0 aromatic heterocycles. The molecule has 31 heavy (non-hydrogen) atoms. The number of amides is 1. The average Bonchev–Trinajstić information content (AvgIpc) is 2.91. The molecule has 1 aliphatic heterocycles. The molecule has 4 rings (SSSR count). The van der Waals surface area contributed by atoms with E-state index < -0.39 is 11.5 Å². The summed E-state index contributed by atoms with van der Waals surface area (Å²) in [5.74, 6) is -0.808. The second-order valence-corrected chi connectivity index (χ2v) is 9.25. The summed E-state index contributed by atoms with van der Waals surface area (Å²) in [5, 5.41) is 12.1. The molecule has 0 saturated heterocycles. The number of benzene rings is 3. The summed E-state index contributed by atoms with van der Waals surface area (Å²) in [6, 6.07) is 18.1. The number of rotatable bonds is 5. The van der Waals surface area contributed by atoms with E-state index in [1.807, 2.05) is 50.2 Å². The zero-order valence-corrected chi connectivity index (χ0v) is 19.5. The molecular weight excluding hydrogens is 478 g/mol. The number of anilines is 1. The van der Waals surface area contributed by atoms with E-state index in [0.29, 0.717) is 21.8 Å². The van der Waals surface area contributed by atoms with Crippen LogP contribution < -0.4 is 4.90 Å². The van der Waals surface area contributed by atoms with E-state index in [-0.39, 0.29) is 18.7 Å². The van der Waals surface area contributed by atoms with E-state index in [4.69, 9.17) is 11.6 Å². The lowest BCUT2D eigenvalue weighted by Gasteiger charge is -2.23. The Morgan fingerprint density at radius 2 is 1.84 bits per heavy atom. The number of carbonyl (C=O) groups excluding carboxylic acids is 2. The lowest BCUT2D eigenvalue weighted by molar-refractivity contribution is -0.136. The Morgan fingerprint density at radius 1 is 1.10 bits per heavy atom. The van der Waals surface area contributed by atoms with Crippen molar-refractivity contribution < 1.29 is 14.7 Å². The zero-order valence-electron chi connectivity index (χ0n) is 17.2. The van der Waals surface area contributed by atoms with Gasteiger partial charge in [-0.05, 0) is 49.2 Å². The second kappa shape index (κ2) is 8.23. The molecule has 0 bridgehead atoms. The van der Waals surface area contributed by atoms with Gasteiger partial charge in [-0.1, -0.05) is 69.5 Å². The van der Waals surface area contributed by atoms with Gasteiger partial charge in [-0.25, -0.2) is 0 Å². The molecule has 1 atom stereocenters. The smallest absolute Gasteiger partial charge is 0.264 e. The van der Waals surface area contributed by atoms with Crippen LogP contribution in [-0.2, 0) is 16.9 Å². The Bertz CT molecular complexity index is 1210. The third-order valence-corrected chi connectivity index (χ3v) is 6.54. The van der Waals surface area contributed by atoms with Crippen LogP contribution in [0.4, 0.5) is 5.69 Å². The van der Waals surface area contributed by atoms with Gasteiger partial charge in [0.15, 0.2) is 11.4 Å². The Balaban J connectivity index is 1.73. The van der Waals surface area contributed by atoms with Gasteiger partial charge in [0.1, 0.15) is 0 Å². The second-order valence-electron chi connectivity index (χ2n) is 7.92. The molecular formula is C25H21BrClNO3. The largest absolute Gasteiger partial charge is 0.375 e. The maximum Gasteiger partial charge on any atom is 0.264 e. The quantitative estimate of drug-likeness (QED) is 0.457. The number of aryl methyl sites for hydroxylation is 2. The normalized spacial score (nSPS) is 17.7. The Hall–Kier alpha value is -2.47. The third kappa shape index (κ3) is 3.93. The monoisotopic (exact) mass is 497 g/mol. The highest BCUT2D eigenvalue weighted by molar-refractivity contribution is 9.10. The van der Waals surface area contributed by atoms with Crippen molar-refractivity contribution in [2.24, 2.45) is 0 Å². The summed E-state index contributed by atoms with van der Waals surface area (Å²) in [5.41, 5.74) is 2.17.